The third kappa shape index (κ3) is 5.51. The molecule has 1 aromatic heterocycles. The van der Waals surface area contributed by atoms with Gasteiger partial charge in [-0.25, -0.2) is 8.42 Å². The van der Waals surface area contributed by atoms with Crippen LogP contribution in [0, 0.1) is 0 Å². The Morgan fingerprint density at radius 3 is 2.41 bits per heavy atom. The summed E-state index contributed by atoms with van der Waals surface area (Å²) in [5.41, 5.74) is 2.48. The van der Waals surface area contributed by atoms with Gasteiger partial charge >= 0.3 is 0 Å². The van der Waals surface area contributed by atoms with E-state index in [0.717, 1.165) is 12.0 Å². The second kappa shape index (κ2) is 9.47. The highest BCUT2D eigenvalue weighted by Crippen LogP contribution is 2.25. The van der Waals surface area contributed by atoms with Gasteiger partial charge in [-0.1, -0.05) is 55.5 Å². The van der Waals surface area contributed by atoms with E-state index in [2.05, 4.69) is 4.98 Å². The van der Waals surface area contributed by atoms with Crippen LogP contribution in [0.5, 0.6) is 0 Å². The van der Waals surface area contributed by atoms with Gasteiger partial charge in [0.2, 0.25) is 10.0 Å². The Balaban J connectivity index is 1.99. The molecule has 0 unspecified atom stereocenters. The monoisotopic (exact) mass is 408 g/mol. The van der Waals surface area contributed by atoms with E-state index < -0.39 is 10.0 Å². The zero-order chi connectivity index (χ0) is 20.7. The minimum Gasteiger partial charge on any atom is -0.294 e. The number of pyridine rings is 1. The summed E-state index contributed by atoms with van der Waals surface area (Å²) >= 11 is 0. The molecule has 0 spiro atoms. The fourth-order valence-corrected chi connectivity index (χ4v) is 4.63. The number of carbonyl (C=O) groups is 1. The average Bonchev–Trinajstić information content (AvgIpc) is 2.73. The van der Waals surface area contributed by atoms with Crippen LogP contribution in [-0.2, 0) is 22.3 Å². The Kier molecular flexibility index (Phi) is 6.77. The summed E-state index contributed by atoms with van der Waals surface area (Å²) in [5.74, 6) is -0.113. The lowest BCUT2D eigenvalue weighted by Gasteiger charge is -2.25. The third-order valence-corrected chi connectivity index (χ3v) is 6.22. The van der Waals surface area contributed by atoms with E-state index in [1.165, 1.54) is 4.31 Å². The van der Waals surface area contributed by atoms with E-state index in [-0.39, 0.29) is 18.1 Å². The number of sulfonamides is 1. The fourth-order valence-electron chi connectivity index (χ4n) is 3.08. The van der Waals surface area contributed by atoms with Gasteiger partial charge in [-0.3, -0.25) is 14.1 Å². The van der Waals surface area contributed by atoms with Crippen molar-refractivity contribution < 1.29 is 13.2 Å². The maximum absolute atomic E-state index is 13.3. The lowest BCUT2D eigenvalue weighted by molar-refractivity contribution is 0.0981. The zero-order valence-corrected chi connectivity index (χ0v) is 17.2. The van der Waals surface area contributed by atoms with Gasteiger partial charge in [-0.05, 0) is 35.7 Å². The molecule has 0 aliphatic rings. The molecule has 2 aromatic carbocycles. The first-order valence-corrected chi connectivity index (χ1v) is 11.2. The molecule has 29 heavy (non-hydrogen) atoms. The minimum absolute atomic E-state index is 0.0103. The van der Waals surface area contributed by atoms with E-state index in [4.69, 9.17) is 0 Å². The maximum Gasteiger partial charge on any atom is 0.239 e. The van der Waals surface area contributed by atoms with Crippen LogP contribution in [0.15, 0.2) is 79.1 Å². The highest BCUT2D eigenvalue weighted by atomic mass is 32.2. The number of aromatic nitrogens is 1. The van der Waals surface area contributed by atoms with Gasteiger partial charge in [-0.15, -0.1) is 0 Å². The van der Waals surface area contributed by atoms with E-state index in [0.29, 0.717) is 23.2 Å². The Morgan fingerprint density at radius 2 is 1.72 bits per heavy atom. The van der Waals surface area contributed by atoms with E-state index in [1.807, 2.05) is 31.2 Å². The van der Waals surface area contributed by atoms with E-state index >= 15 is 0 Å². The number of hydrogen-bond donors (Lipinski definition) is 0. The molecule has 3 aromatic rings. The first kappa shape index (κ1) is 20.7. The number of rotatable bonds is 9. The summed E-state index contributed by atoms with van der Waals surface area (Å²) in [6.45, 7) is 2.09. The van der Waals surface area contributed by atoms with Crippen molar-refractivity contribution in [1.82, 2.24) is 4.98 Å². The molecule has 150 valence electrons. The molecule has 0 aliphatic heterocycles. The fraction of sp³-hybridized carbons (Fsp3) is 0.217. The van der Waals surface area contributed by atoms with Crippen LogP contribution >= 0.6 is 0 Å². The number of ketones is 1. The molecule has 1 heterocycles. The van der Waals surface area contributed by atoms with Crippen molar-refractivity contribution in [3.63, 3.8) is 0 Å². The standard InChI is InChI=1S/C23H24N2O3S/c1-2-8-23(26)21-12-6-13-22(15-21)25(17-20-11-7-14-24-16-20)29(27,28)18-19-9-4-3-5-10-19/h3-7,9-16H,2,8,17-18H2,1H3. The van der Waals surface area contributed by atoms with Gasteiger partial charge in [0.05, 0.1) is 18.0 Å². The topological polar surface area (TPSA) is 67.3 Å². The van der Waals surface area contributed by atoms with Crippen LogP contribution in [0.2, 0.25) is 0 Å². The highest BCUT2D eigenvalue weighted by molar-refractivity contribution is 7.92. The summed E-state index contributed by atoms with van der Waals surface area (Å²) < 4.78 is 28.0. The van der Waals surface area contributed by atoms with Crippen molar-refractivity contribution in [1.29, 1.82) is 0 Å². The molecule has 0 aliphatic carbocycles. The molecule has 0 radical (unpaired) electrons. The number of benzene rings is 2. The second-order valence-corrected chi connectivity index (χ2v) is 8.73. The van der Waals surface area contributed by atoms with Crippen LogP contribution < -0.4 is 4.31 Å². The van der Waals surface area contributed by atoms with Crippen molar-refractivity contribution in [3.8, 4) is 0 Å². The van der Waals surface area contributed by atoms with Gasteiger partial charge in [0.25, 0.3) is 0 Å². The second-order valence-electron chi connectivity index (χ2n) is 6.83. The first-order chi connectivity index (χ1) is 14.0. The number of carbonyl (C=O) groups excluding carboxylic acids is 1. The Morgan fingerprint density at radius 1 is 0.966 bits per heavy atom. The maximum atomic E-state index is 13.3. The Hall–Kier alpha value is -2.99. The molecule has 0 amide bonds. The molecule has 0 bridgehead atoms. The molecule has 5 nitrogen and oxygen atoms in total. The molecule has 0 fully saturated rings. The van der Waals surface area contributed by atoms with E-state index in [1.54, 1.807) is 54.9 Å². The molecule has 0 saturated heterocycles. The van der Waals surface area contributed by atoms with E-state index in [9.17, 15) is 13.2 Å². The predicted molar refractivity (Wildman–Crippen MR) is 115 cm³/mol. The lowest BCUT2D eigenvalue weighted by atomic mass is 10.1. The Bertz CT molecular complexity index is 1050. The molecular weight excluding hydrogens is 384 g/mol. The van der Waals surface area contributed by atoms with Crippen molar-refractivity contribution in [2.75, 3.05) is 4.31 Å². The van der Waals surface area contributed by atoms with Crippen LogP contribution in [0.3, 0.4) is 0 Å². The smallest absolute Gasteiger partial charge is 0.239 e. The molecule has 3 rings (SSSR count). The summed E-state index contributed by atoms with van der Waals surface area (Å²) in [6, 6.07) is 19.5. The van der Waals surface area contributed by atoms with Gasteiger partial charge < -0.3 is 0 Å². The number of Topliss-reactive ketones (excluding diaryl/α,β-unsaturated/α-hetero) is 1. The van der Waals surface area contributed by atoms with Crippen LogP contribution in [0.1, 0.15) is 41.3 Å². The molecule has 6 heteroatoms. The minimum atomic E-state index is -3.69. The van der Waals surface area contributed by atoms with Crippen LogP contribution in [0.25, 0.3) is 0 Å². The number of anilines is 1. The summed E-state index contributed by atoms with van der Waals surface area (Å²) in [7, 11) is -3.69. The van der Waals surface area contributed by atoms with Crippen LogP contribution in [-0.4, -0.2) is 19.2 Å². The molecule has 0 N–H and O–H groups in total. The van der Waals surface area contributed by atoms with Crippen molar-refractivity contribution in [3.05, 3.63) is 95.8 Å². The normalized spacial score (nSPS) is 11.2. The Labute approximate surface area is 172 Å². The largest absolute Gasteiger partial charge is 0.294 e. The average molecular weight is 409 g/mol. The highest BCUT2D eigenvalue weighted by Gasteiger charge is 2.24. The van der Waals surface area contributed by atoms with Gasteiger partial charge in [0.15, 0.2) is 5.78 Å². The van der Waals surface area contributed by atoms with Gasteiger partial charge in [0, 0.05) is 24.4 Å². The summed E-state index contributed by atoms with van der Waals surface area (Å²) in [6.07, 6.45) is 4.48. The van der Waals surface area contributed by atoms with Crippen molar-refractivity contribution in [2.45, 2.75) is 32.1 Å². The van der Waals surface area contributed by atoms with Gasteiger partial charge in [-0.2, -0.15) is 0 Å². The van der Waals surface area contributed by atoms with Crippen molar-refractivity contribution >= 4 is 21.5 Å². The third-order valence-electron chi connectivity index (χ3n) is 4.51. The number of hydrogen-bond acceptors (Lipinski definition) is 4. The molecular formula is C23H24N2O3S. The van der Waals surface area contributed by atoms with Crippen molar-refractivity contribution in [2.24, 2.45) is 0 Å². The SMILES string of the molecule is CCCC(=O)c1cccc(N(Cc2cccnc2)S(=O)(=O)Cc2ccccc2)c1. The lowest BCUT2D eigenvalue weighted by Crippen LogP contribution is -2.32. The summed E-state index contributed by atoms with van der Waals surface area (Å²) in [4.78, 5) is 16.4. The molecule has 0 atom stereocenters. The summed E-state index contributed by atoms with van der Waals surface area (Å²) in [5, 5.41) is 0. The predicted octanol–water partition coefficient (Wildman–Crippen LogP) is 4.60. The van der Waals surface area contributed by atoms with Gasteiger partial charge in [0.1, 0.15) is 0 Å². The number of nitrogens with zero attached hydrogens (tertiary/aromatic N) is 2. The quantitative estimate of drug-likeness (QED) is 0.485. The molecule has 0 saturated carbocycles. The zero-order valence-electron chi connectivity index (χ0n) is 16.4. The first-order valence-electron chi connectivity index (χ1n) is 9.56. The van der Waals surface area contributed by atoms with Crippen LogP contribution in [0.4, 0.5) is 5.69 Å².